The van der Waals surface area contributed by atoms with Gasteiger partial charge in [-0.3, -0.25) is 0 Å². The molecule has 2 heterocycles. The fraction of sp³-hybridized carbons (Fsp3) is 0.200. The highest BCUT2D eigenvalue weighted by molar-refractivity contribution is 7.99. The lowest BCUT2D eigenvalue weighted by Gasteiger charge is -2.04. The molecule has 1 atom stereocenters. The second-order valence-electron chi connectivity index (χ2n) is 3.12. The molecule has 2 aromatic heterocycles. The van der Waals surface area contributed by atoms with Crippen LogP contribution in [0.15, 0.2) is 45.5 Å². The van der Waals surface area contributed by atoms with Crippen LogP contribution < -0.4 is 5.73 Å². The largest absolute Gasteiger partial charge is 0.440 e. The molecule has 0 aromatic carbocycles. The highest BCUT2D eigenvalue weighted by Gasteiger charge is 2.04. The van der Waals surface area contributed by atoms with Gasteiger partial charge in [-0.1, -0.05) is 6.07 Å². The van der Waals surface area contributed by atoms with Crippen molar-refractivity contribution in [2.75, 3.05) is 0 Å². The van der Waals surface area contributed by atoms with E-state index in [1.807, 2.05) is 19.1 Å². The first-order valence-corrected chi connectivity index (χ1v) is 5.36. The Bertz CT molecular complexity index is 411. The van der Waals surface area contributed by atoms with Crippen molar-refractivity contribution in [3.8, 4) is 0 Å². The first kappa shape index (κ1) is 10.2. The Morgan fingerprint density at radius 1 is 1.40 bits per heavy atom. The maximum absolute atomic E-state index is 5.72. The molecule has 15 heavy (non-hydrogen) atoms. The highest BCUT2D eigenvalue weighted by atomic mass is 32.2. The number of nitrogens with two attached hydrogens (primary N) is 1. The van der Waals surface area contributed by atoms with E-state index in [-0.39, 0.29) is 6.04 Å². The summed E-state index contributed by atoms with van der Waals surface area (Å²) in [5, 5.41) is 1.44. The number of pyridine rings is 1. The zero-order chi connectivity index (χ0) is 10.7. The van der Waals surface area contributed by atoms with Gasteiger partial charge in [0.2, 0.25) is 0 Å². The summed E-state index contributed by atoms with van der Waals surface area (Å²) in [5.41, 5.74) is 6.74. The van der Waals surface area contributed by atoms with Crippen LogP contribution in [0.4, 0.5) is 0 Å². The van der Waals surface area contributed by atoms with Gasteiger partial charge in [0.05, 0.1) is 6.20 Å². The number of nitrogens with zero attached hydrogens (tertiary/aromatic N) is 2. The first-order valence-electron chi connectivity index (χ1n) is 4.54. The lowest BCUT2D eigenvalue weighted by Crippen LogP contribution is -2.04. The van der Waals surface area contributed by atoms with Crippen LogP contribution in [0.1, 0.15) is 18.5 Å². The minimum atomic E-state index is 0.0123. The summed E-state index contributed by atoms with van der Waals surface area (Å²) >= 11 is 1.38. The molecule has 2 rings (SSSR count). The van der Waals surface area contributed by atoms with Gasteiger partial charge in [-0.05, 0) is 30.3 Å². The average Bonchev–Trinajstić information content (AvgIpc) is 2.71. The lowest BCUT2D eigenvalue weighted by molar-refractivity contribution is 0.454. The summed E-state index contributed by atoms with van der Waals surface area (Å²) in [5.74, 6) is 0. The maximum Gasteiger partial charge on any atom is 0.261 e. The molecule has 0 radical (unpaired) electrons. The van der Waals surface area contributed by atoms with Crippen LogP contribution in [-0.2, 0) is 0 Å². The molecule has 0 aliphatic heterocycles. The molecule has 5 heteroatoms. The summed E-state index contributed by atoms with van der Waals surface area (Å²) in [6, 6.07) is 3.88. The minimum absolute atomic E-state index is 0.0123. The Labute approximate surface area is 91.9 Å². The van der Waals surface area contributed by atoms with Crippen molar-refractivity contribution in [2.45, 2.75) is 23.2 Å². The molecule has 0 amide bonds. The molecule has 2 aromatic rings. The van der Waals surface area contributed by atoms with Crippen molar-refractivity contribution in [3.63, 3.8) is 0 Å². The molecule has 0 bridgehead atoms. The van der Waals surface area contributed by atoms with Gasteiger partial charge in [-0.15, -0.1) is 0 Å². The lowest BCUT2D eigenvalue weighted by atomic mass is 10.2. The van der Waals surface area contributed by atoms with Gasteiger partial charge in [0.15, 0.2) is 0 Å². The van der Waals surface area contributed by atoms with E-state index in [1.165, 1.54) is 11.8 Å². The molecule has 0 saturated heterocycles. The van der Waals surface area contributed by atoms with Crippen LogP contribution in [-0.4, -0.2) is 9.97 Å². The van der Waals surface area contributed by atoms with Crippen molar-refractivity contribution in [2.24, 2.45) is 5.73 Å². The van der Waals surface area contributed by atoms with Crippen molar-refractivity contribution in [1.82, 2.24) is 9.97 Å². The smallest absolute Gasteiger partial charge is 0.261 e. The molecule has 0 saturated carbocycles. The van der Waals surface area contributed by atoms with Gasteiger partial charge in [0.25, 0.3) is 5.22 Å². The van der Waals surface area contributed by atoms with Crippen LogP contribution in [0, 0.1) is 0 Å². The minimum Gasteiger partial charge on any atom is -0.440 e. The van der Waals surface area contributed by atoms with Crippen molar-refractivity contribution >= 4 is 11.8 Å². The van der Waals surface area contributed by atoms with Crippen LogP contribution in [0.2, 0.25) is 0 Å². The third kappa shape index (κ3) is 2.57. The Morgan fingerprint density at radius 2 is 2.27 bits per heavy atom. The predicted molar refractivity (Wildman–Crippen MR) is 57.5 cm³/mol. The van der Waals surface area contributed by atoms with Crippen molar-refractivity contribution in [1.29, 1.82) is 0 Å². The van der Waals surface area contributed by atoms with E-state index in [0.717, 1.165) is 10.6 Å². The molecule has 0 aliphatic rings. The molecular formula is C10H11N3OS. The van der Waals surface area contributed by atoms with E-state index in [1.54, 1.807) is 18.7 Å². The van der Waals surface area contributed by atoms with E-state index in [0.29, 0.717) is 5.22 Å². The Balaban J connectivity index is 2.11. The highest BCUT2D eigenvalue weighted by Crippen LogP contribution is 2.24. The van der Waals surface area contributed by atoms with E-state index in [9.17, 15) is 0 Å². The molecule has 0 spiro atoms. The quantitative estimate of drug-likeness (QED) is 0.861. The molecule has 78 valence electrons. The third-order valence-corrected chi connectivity index (χ3v) is 2.71. The van der Waals surface area contributed by atoms with Gasteiger partial charge in [0.1, 0.15) is 11.3 Å². The Morgan fingerprint density at radius 3 is 2.80 bits per heavy atom. The SMILES string of the molecule is C[C@H](N)c1ccc(Sc2ncco2)nc1. The number of rotatable bonds is 3. The van der Waals surface area contributed by atoms with E-state index in [4.69, 9.17) is 10.2 Å². The van der Waals surface area contributed by atoms with Gasteiger partial charge in [-0.25, -0.2) is 9.97 Å². The number of oxazole rings is 1. The second-order valence-corrected chi connectivity index (χ2v) is 4.09. The fourth-order valence-corrected chi connectivity index (χ4v) is 1.71. The predicted octanol–water partition coefficient (Wildman–Crippen LogP) is 2.24. The van der Waals surface area contributed by atoms with Gasteiger partial charge >= 0.3 is 0 Å². The number of hydrogen-bond acceptors (Lipinski definition) is 5. The standard InChI is InChI=1S/C10H11N3OS/c1-7(11)8-2-3-9(13-6-8)15-10-12-4-5-14-10/h2-7H,11H2,1H3/t7-/m0/s1. The second kappa shape index (κ2) is 4.46. The Hall–Kier alpha value is -1.33. The molecular weight excluding hydrogens is 210 g/mol. The molecule has 0 unspecified atom stereocenters. The summed E-state index contributed by atoms with van der Waals surface area (Å²) in [6.45, 7) is 1.93. The van der Waals surface area contributed by atoms with Gasteiger partial charge in [-0.2, -0.15) is 0 Å². The number of aromatic nitrogens is 2. The molecule has 0 aliphatic carbocycles. The van der Waals surface area contributed by atoms with E-state index in [2.05, 4.69) is 9.97 Å². The summed E-state index contributed by atoms with van der Waals surface area (Å²) in [6.07, 6.45) is 4.92. The maximum atomic E-state index is 5.72. The average molecular weight is 221 g/mol. The molecule has 2 N–H and O–H groups in total. The van der Waals surface area contributed by atoms with Crippen LogP contribution >= 0.6 is 11.8 Å². The monoisotopic (exact) mass is 221 g/mol. The van der Waals surface area contributed by atoms with Crippen LogP contribution in [0.3, 0.4) is 0 Å². The van der Waals surface area contributed by atoms with Gasteiger partial charge < -0.3 is 10.2 Å². The van der Waals surface area contributed by atoms with Crippen molar-refractivity contribution < 1.29 is 4.42 Å². The zero-order valence-electron chi connectivity index (χ0n) is 8.25. The summed E-state index contributed by atoms with van der Waals surface area (Å²) < 4.78 is 5.10. The third-order valence-electron chi connectivity index (χ3n) is 1.89. The molecule has 0 fully saturated rings. The van der Waals surface area contributed by atoms with Crippen LogP contribution in [0.25, 0.3) is 0 Å². The first-order chi connectivity index (χ1) is 7.25. The number of hydrogen-bond donors (Lipinski definition) is 1. The Kier molecular flexibility index (Phi) is 3.03. The van der Waals surface area contributed by atoms with Crippen molar-refractivity contribution in [3.05, 3.63) is 36.4 Å². The summed E-state index contributed by atoms with van der Waals surface area (Å²) in [7, 11) is 0. The zero-order valence-corrected chi connectivity index (χ0v) is 9.07. The van der Waals surface area contributed by atoms with E-state index < -0.39 is 0 Å². The normalized spacial score (nSPS) is 12.7. The topological polar surface area (TPSA) is 64.9 Å². The van der Waals surface area contributed by atoms with E-state index >= 15 is 0 Å². The summed E-state index contributed by atoms with van der Waals surface area (Å²) in [4.78, 5) is 8.26. The molecule has 4 nitrogen and oxygen atoms in total. The van der Waals surface area contributed by atoms with Gasteiger partial charge in [0, 0.05) is 12.2 Å². The fourth-order valence-electron chi connectivity index (χ4n) is 1.07. The van der Waals surface area contributed by atoms with Crippen LogP contribution in [0.5, 0.6) is 0 Å².